The van der Waals surface area contributed by atoms with E-state index >= 15 is 0 Å². The molecule has 0 aliphatic heterocycles. The third-order valence-corrected chi connectivity index (χ3v) is 2.84. The lowest BCUT2D eigenvalue weighted by Crippen LogP contribution is -2.28. The van der Waals surface area contributed by atoms with Crippen LogP contribution in [0.3, 0.4) is 0 Å². The number of hydrogen-bond acceptors (Lipinski definition) is 4. The van der Waals surface area contributed by atoms with Crippen molar-refractivity contribution < 1.29 is 9.47 Å². The summed E-state index contributed by atoms with van der Waals surface area (Å²) in [6, 6.07) is 7.18. The number of nitrogens with two attached hydrogens (primary N) is 1. The van der Waals surface area contributed by atoms with Gasteiger partial charge < -0.3 is 15.2 Å². The van der Waals surface area contributed by atoms with Gasteiger partial charge in [-0.3, -0.25) is 0 Å². The predicted octanol–water partition coefficient (Wildman–Crippen LogP) is 2.25. The van der Waals surface area contributed by atoms with Gasteiger partial charge in [0.2, 0.25) is 0 Å². The van der Waals surface area contributed by atoms with E-state index in [9.17, 15) is 0 Å². The van der Waals surface area contributed by atoms with Gasteiger partial charge in [0.05, 0.1) is 31.7 Å². The molecule has 0 bridgehead atoms. The average molecular weight is 234 g/mol. The van der Waals surface area contributed by atoms with Gasteiger partial charge >= 0.3 is 0 Å². The van der Waals surface area contributed by atoms with E-state index in [4.69, 9.17) is 20.5 Å². The molecule has 2 N–H and O–H groups in total. The van der Waals surface area contributed by atoms with Crippen molar-refractivity contribution in [3.63, 3.8) is 0 Å². The highest BCUT2D eigenvalue weighted by Crippen LogP contribution is 2.37. The van der Waals surface area contributed by atoms with Crippen LogP contribution in [0, 0.1) is 16.7 Å². The van der Waals surface area contributed by atoms with E-state index in [-0.39, 0.29) is 0 Å². The lowest BCUT2D eigenvalue weighted by molar-refractivity contribution is 0.357. The van der Waals surface area contributed by atoms with Gasteiger partial charge in [0, 0.05) is 5.56 Å². The van der Waals surface area contributed by atoms with E-state index < -0.39 is 11.5 Å². The maximum absolute atomic E-state index is 9.11. The van der Waals surface area contributed by atoms with Crippen molar-refractivity contribution in [2.75, 3.05) is 14.2 Å². The number of hydrogen-bond donors (Lipinski definition) is 1. The molecule has 1 aromatic rings. The van der Waals surface area contributed by atoms with Crippen molar-refractivity contribution in [3.8, 4) is 17.6 Å². The maximum Gasteiger partial charge on any atom is 0.123 e. The van der Waals surface area contributed by atoms with Crippen LogP contribution in [0.5, 0.6) is 11.5 Å². The maximum atomic E-state index is 9.11. The number of rotatable bonds is 4. The Hall–Kier alpha value is -1.73. The number of methoxy groups -OCH3 is 2. The second-order valence-corrected chi connectivity index (χ2v) is 4.42. The SMILES string of the molecule is COc1ccc(OC)c(C(N)C(C)(C)C#N)c1. The largest absolute Gasteiger partial charge is 0.497 e. The lowest BCUT2D eigenvalue weighted by atomic mass is 9.82. The number of nitrogens with zero attached hydrogens (tertiary/aromatic N) is 1. The highest BCUT2D eigenvalue weighted by atomic mass is 16.5. The first kappa shape index (κ1) is 13.3. The minimum Gasteiger partial charge on any atom is -0.497 e. The first-order valence-electron chi connectivity index (χ1n) is 5.35. The van der Waals surface area contributed by atoms with Crippen LogP contribution in [0.2, 0.25) is 0 Å². The highest BCUT2D eigenvalue weighted by Gasteiger charge is 2.30. The Morgan fingerprint density at radius 1 is 1.29 bits per heavy atom. The molecule has 0 fully saturated rings. The van der Waals surface area contributed by atoms with Crippen LogP contribution in [0.25, 0.3) is 0 Å². The second-order valence-electron chi connectivity index (χ2n) is 4.42. The van der Waals surface area contributed by atoms with Crippen molar-refractivity contribution in [1.29, 1.82) is 5.26 Å². The minimum atomic E-state index is -0.667. The molecular formula is C13H18N2O2. The van der Waals surface area contributed by atoms with Gasteiger partial charge in [-0.1, -0.05) is 0 Å². The molecular weight excluding hydrogens is 216 g/mol. The Bertz CT molecular complexity index is 436. The van der Waals surface area contributed by atoms with Crippen molar-refractivity contribution in [3.05, 3.63) is 23.8 Å². The van der Waals surface area contributed by atoms with Crippen LogP contribution >= 0.6 is 0 Å². The third kappa shape index (κ3) is 2.69. The summed E-state index contributed by atoms with van der Waals surface area (Å²) in [6.07, 6.45) is 0. The molecule has 0 aliphatic carbocycles. The molecule has 0 amide bonds. The van der Waals surface area contributed by atoms with Gasteiger partial charge in [-0.05, 0) is 32.0 Å². The van der Waals surface area contributed by atoms with Gasteiger partial charge in [0.1, 0.15) is 11.5 Å². The molecule has 0 heterocycles. The fraction of sp³-hybridized carbons (Fsp3) is 0.462. The molecule has 1 unspecified atom stereocenters. The summed E-state index contributed by atoms with van der Waals surface area (Å²) in [6.45, 7) is 3.60. The lowest BCUT2D eigenvalue weighted by Gasteiger charge is -2.26. The Labute approximate surface area is 102 Å². The highest BCUT2D eigenvalue weighted by molar-refractivity contribution is 5.43. The predicted molar refractivity (Wildman–Crippen MR) is 65.9 cm³/mol. The summed E-state index contributed by atoms with van der Waals surface area (Å²) in [5, 5.41) is 9.11. The Morgan fingerprint density at radius 3 is 2.41 bits per heavy atom. The fourth-order valence-electron chi connectivity index (χ4n) is 1.54. The molecule has 0 aliphatic rings. The monoisotopic (exact) mass is 234 g/mol. The molecule has 4 heteroatoms. The zero-order valence-electron chi connectivity index (χ0n) is 10.7. The minimum absolute atomic E-state index is 0.433. The summed E-state index contributed by atoms with van der Waals surface area (Å²) >= 11 is 0. The van der Waals surface area contributed by atoms with E-state index in [0.717, 1.165) is 5.56 Å². The third-order valence-electron chi connectivity index (χ3n) is 2.84. The molecule has 0 spiro atoms. The molecule has 1 rings (SSSR count). The summed E-state index contributed by atoms with van der Waals surface area (Å²) < 4.78 is 10.4. The Morgan fingerprint density at radius 2 is 1.94 bits per heavy atom. The van der Waals surface area contributed by atoms with Gasteiger partial charge in [0.15, 0.2) is 0 Å². The topological polar surface area (TPSA) is 68.3 Å². The Balaban J connectivity index is 3.24. The van der Waals surface area contributed by atoms with Gasteiger partial charge in [-0.25, -0.2) is 0 Å². The van der Waals surface area contributed by atoms with Crippen molar-refractivity contribution in [2.24, 2.45) is 11.1 Å². The van der Waals surface area contributed by atoms with Crippen molar-refractivity contribution >= 4 is 0 Å². The fourth-order valence-corrected chi connectivity index (χ4v) is 1.54. The van der Waals surface area contributed by atoms with Crippen LogP contribution in [0.4, 0.5) is 0 Å². The standard InChI is InChI=1S/C13H18N2O2/c1-13(2,8-14)12(15)10-7-9(16-3)5-6-11(10)17-4/h5-7,12H,15H2,1-4H3. The van der Waals surface area contributed by atoms with Gasteiger partial charge in [-0.15, -0.1) is 0 Å². The second kappa shape index (κ2) is 5.07. The summed E-state index contributed by atoms with van der Waals surface area (Å²) in [5.41, 5.74) is 6.23. The van der Waals surface area contributed by atoms with Crippen molar-refractivity contribution in [1.82, 2.24) is 0 Å². The van der Waals surface area contributed by atoms with Gasteiger partial charge in [0.25, 0.3) is 0 Å². The summed E-state index contributed by atoms with van der Waals surface area (Å²) in [7, 11) is 3.17. The van der Waals surface area contributed by atoms with Crippen molar-refractivity contribution in [2.45, 2.75) is 19.9 Å². The zero-order valence-corrected chi connectivity index (χ0v) is 10.7. The molecule has 0 aromatic heterocycles. The van der Waals surface area contributed by atoms with Crippen LogP contribution in [0.1, 0.15) is 25.5 Å². The molecule has 1 aromatic carbocycles. The van der Waals surface area contributed by atoms with Crippen LogP contribution in [-0.2, 0) is 0 Å². The Kier molecular flexibility index (Phi) is 3.97. The average Bonchev–Trinajstić information content (AvgIpc) is 2.36. The van der Waals surface area contributed by atoms with Crippen LogP contribution in [-0.4, -0.2) is 14.2 Å². The molecule has 17 heavy (non-hydrogen) atoms. The van der Waals surface area contributed by atoms with E-state index in [1.807, 2.05) is 6.07 Å². The first-order valence-corrected chi connectivity index (χ1v) is 5.35. The molecule has 92 valence electrons. The van der Waals surface area contributed by atoms with Crippen LogP contribution in [0.15, 0.2) is 18.2 Å². The summed E-state index contributed by atoms with van der Waals surface area (Å²) in [4.78, 5) is 0. The summed E-state index contributed by atoms with van der Waals surface area (Å²) in [5.74, 6) is 1.37. The molecule has 0 saturated carbocycles. The van der Waals surface area contributed by atoms with Gasteiger partial charge in [-0.2, -0.15) is 5.26 Å². The first-order chi connectivity index (χ1) is 7.96. The van der Waals surface area contributed by atoms with E-state index in [1.165, 1.54) is 0 Å². The number of benzene rings is 1. The molecule has 0 radical (unpaired) electrons. The number of nitriles is 1. The quantitative estimate of drug-likeness (QED) is 0.867. The van der Waals surface area contributed by atoms with E-state index in [1.54, 1.807) is 40.2 Å². The van der Waals surface area contributed by atoms with E-state index in [2.05, 4.69) is 6.07 Å². The molecule has 0 saturated heterocycles. The normalized spacial score (nSPS) is 12.7. The smallest absolute Gasteiger partial charge is 0.123 e. The molecule has 4 nitrogen and oxygen atoms in total. The van der Waals surface area contributed by atoms with Crippen LogP contribution < -0.4 is 15.2 Å². The molecule has 1 atom stereocenters. The number of ether oxygens (including phenoxy) is 2. The zero-order chi connectivity index (χ0) is 13.1. The van der Waals surface area contributed by atoms with E-state index in [0.29, 0.717) is 11.5 Å².